The van der Waals surface area contributed by atoms with Crippen molar-refractivity contribution in [2.24, 2.45) is 5.10 Å². The SMILES string of the molecule is COc1ccc(/C=N/NC(=O)COc2ccc3ccccc3c2)cc1Br. The fraction of sp³-hybridized carbons (Fsp3) is 0.100. The molecule has 0 bridgehead atoms. The first-order valence-corrected chi connectivity index (χ1v) is 8.72. The number of nitrogens with zero attached hydrogens (tertiary/aromatic N) is 1. The van der Waals surface area contributed by atoms with Crippen LogP contribution in [0.5, 0.6) is 11.5 Å². The molecule has 6 heteroatoms. The summed E-state index contributed by atoms with van der Waals surface area (Å²) < 4.78 is 11.5. The van der Waals surface area contributed by atoms with E-state index in [1.807, 2.05) is 60.7 Å². The molecule has 1 N–H and O–H groups in total. The van der Waals surface area contributed by atoms with Crippen LogP contribution in [0, 0.1) is 0 Å². The van der Waals surface area contributed by atoms with Gasteiger partial charge in [-0.2, -0.15) is 5.10 Å². The van der Waals surface area contributed by atoms with Crippen molar-refractivity contribution in [1.29, 1.82) is 0 Å². The summed E-state index contributed by atoms with van der Waals surface area (Å²) in [6.45, 7) is -0.109. The predicted octanol–water partition coefficient (Wildman–Crippen LogP) is 4.14. The highest BCUT2D eigenvalue weighted by Crippen LogP contribution is 2.24. The molecule has 0 saturated carbocycles. The van der Waals surface area contributed by atoms with Gasteiger partial charge in [0.15, 0.2) is 6.61 Å². The number of amides is 1. The van der Waals surface area contributed by atoms with Crippen LogP contribution in [0.3, 0.4) is 0 Å². The molecular formula is C20H17BrN2O3. The molecule has 0 radical (unpaired) electrons. The normalized spacial score (nSPS) is 10.8. The van der Waals surface area contributed by atoms with Crippen LogP contribution in [0.2, 0.25) is 0 Å². The maximum atomic E-state index is 11.9. The molecule has 1 amide bonds. The Hall–Kier alpha value is -2.86. The number of carbonyl (C=O) groups excluding carboxylic acids is 1. The van der Waals surface area contributed by atoms with Gasteiger partial charge in [0.1, 0.15) is 11.5 Å². The van der Waals surface area contributed by atoms with Gasteiger partial charge >= 0.3 is 0 Å². The highest BCUT2D eigenvalue weighted by molar-refractivity contribution is 9.10. The Bertz CT molecular complexity index is 957. The molecule has 3 aromatic carbocycles. The summed E-state index contributed by atoms with van der Waals surface area (Å²) in [6, 6.07) is 19.2. The molecule has 0 fully saturated rings. The second-order valence-corrected chi connectivity index (χ2v) is 6.34. The largest absolute Gasteiger partial charge is 0.496 e. The van der Waals surface area contributed by atoms with Crippen LogP contribution in [0.1, 0.15) is 5.56 Å². The van der Waals surface area contributed by atoms with Crippen molar-refractivity contribution in [3.63, 3.8) is 0 Å². The van der Waals surface area contributed by atoms with Crippen molar-refractivity contribution in [3.8, 4) is 11.5 Å². The minimum Gasteiger partial charge on any atom is -0.496 e. The Balaban J connectivity index is 1.52. The molecule has 0 heterocycles. The van der Waals surface area contributed by atoms with Gasteiger partial charge in [-0.15, -0.1) is 0 Å². The number of nitrogens with one attached hydrogen (secondary N) is 1. The lowest BCUT2D eigenvalue weighted by atomic mass is 10.1. The summed E-state index contributed by atoms with van der Waals surface area (Å²) in [7, 11) is 1.60. The van der Waals surface area contributed by atoms with E-state index in [4.69, 9.17) is 9.47 Å². The van der Waals surface area contributed by atoms with Gasteiger partial charge in [-0.25, -0.2) is 5.43 Å². The van der Waals surface area contributed by atoms with Gasteiger partial charge in [0.25, 0.3) is 5.91 Å². The molecule has 5 nitrogen and oxygen atoms in total. The van der Waals surface area contributed by atoms with Crippen LogP contribution in [0.25, 0.3) is 10.8 Å². The zero-order valence-electron chi connectivity index (χ0n) is 14.1. The Kier molecular flexibility index (Phi) is 5.86. The monoisotopic (exact) mass is 412 g/mol. The lowest BCUT2D eigenvalue weighted by Gasteiger charge is -2.06. The molecule has 0 spiro atoms. The van der Waals surface area contributed by atoms with E-state index in [9.17, 15) is 4.79 Å². The van der Waals surface area contributed by atoms with E-state index >= 15 is 0 Å². The van der Waals surface area contributed by atoms with Gasteiger partial charge in [-0.3, -0.25) is 4.79 Å². The molecule has 0 aliphatic rings. The van der Waals surface area contributed by atoms with Crippen molar-refractivity contribution < 1.29 is 14.3 Å². The molecule has 132 valence electrons. The maximum Gasteiger partial charge on any atom is 0.277 e. The third-order valence-electron chi connectivity index (χ3n) is 3.67. The van der Waals surface area contributed by atoms with E-state index in [0.29, 0.717) is 5.75 Å². The highest BCUT2D eigenvalue weighted by Gasteiger charge is 2.03. The fourth-order valence-corrected chi connectivity index (χ4v) is 2.94. The van der Waals surface area contributed by atoms with Crippen LogP contribution in [0.4, 0.5) is 0 Å². The lowest BCUT2D eigenvalue weighted by molar-refractivity contribution is -0.123. The summed E-state index contributed by atoms with van der Waals surface area (Å²) >= 11 is 3.40. The van der Waals surface area contributed by atoms with Crippen LogP contribution in [-0.4, -0.2) is 25.8 Å². The first kappa shape index (κ1) is 17.9. The number of fused-ring (bicyclic) bond motifs is 1. The number of methoxy groups -OCH3 is 1. The second kappa shape index (κ2) is 8.49. The molecule has 0 saturated heterocycles. The van der Waals surface area contributed by atoms with Crippen molar-refractivity contribution >= 4 is 38.8 Å². The molecule has 0 aromatic heterocycles. The number of halogens is 1. The molecule has 26 heavy (non-hydrogen) atoms. The van der Waals surface area contributed by atoms with E-state index in [0.717, 1.165) is 26.6 Å². The van der Waals surface area contributed by atoms with Crippen molar-refractivity contribution in [1.82, 2.24) is 5.43 Å². The van der Waals surface area contributed by atoms with E-state index < -0.39 is 0 Å². The van der Waals surface area contributed by atoms with Crippen molar-refractivity contribution in [3.05, 3.63) is 70.7 Å². The zero-order chi connectivity index (χ0) is 18.4. The Labute approximate surface area is 159 Å². The third-order valence-corrected chi connectivity index (χ3v) is 4.29. The average molecular weight is 413 g/mol. The van der Waals surface area contributed by atoms with E-state index in [1.54, 1.807) is 13.3 Å². The second-order valence-electron chi connectivity index (χ2n) is 5.48. The Morgan fingerprint density at radius 3 is 2.69 bits per heavy atom. The maximum absolute atomic E-state index is 11.9. The predicted molar refractivity (Wildman–Crippen MR) is 106 cm³/mol. The molecular weight excluding hydrogens is 396 g/mol. The fourth-order valence-electron chi connectivity index (χ4n) is 2.38. The molecule has 3 rings (SSSR count). The van der Waals surface area contributed by atoms with Gasteiger partial charge < -0.3 is 9.47 Å². The summed E-state index contributed by atoms with van der Waals surface area (Å²) in [4.78, 5) is 11.9. The number of hydrogen-bond acceptors (Lipinski definition) is 4. The van der Waals surface area contributed by atoms with Gasteiger partial charge in [0.05, 0.1) is 17.8 Å². The van der Waals surface area contributed by atoms with E-state index in [1.165, 1.54) is 0 Å². The first-order chi connectivity index (χ1) is 12.7. The number of hydrazone groups is 1. The van der Waals surface area contributed by atoms with Crippen molar-refractivity contribution in [2.45, 2.75) is 0 Å². The number of ether oxygens (including phenoxy) is 2. The molecule has 0 atom stereocenters. The molecule has 0 aliphatic heterocycles. The summed E-state index contributed by atoms with van der Waals surface area (Å²) in [6.07, 6.45) is 1.55. The van der Waals surface area contributed by atoms with Crippen LogP contribution < -0.4 is 14.9 Å². The summed E-state index contributed by atoms with van der Waals surface area (Å²) in [5.41, 5.74) is 3.27. The molecule has 0 aliphatic carbocycles. The zero-order valence-corrected chi connectivity index (χ0v) is 15.7. The minimum absolute atomic E-state index is 0.109. The Morgan fingerprint density at radius 1 is 1.12 bits per heavy atom. The standard InChI is InChI=1S/C20H17BrN2O3/c1-25-19-9-6-14(10-18(19)21)12-22-23-20(24)13-26-17-8-7-15-4-2-3-5-16(15)11-17/h2-12H,13H2,1H3,(H,23,24)/b22-12+. The van der Waals surface area contributed by atoms with Gasteiger partial charge in [-0.1, -0.05) is 30.3 Å². The number of hydrogen-bond donors (Lipinski definition) is 1. The van der Waals surface area contributed by atoms with E-state index in [2.05, 4.69) is 26.5 Å². The molecule has 3 aromatic rings. The smallest absolute Gasteiger partial charge is 0.277 e. The van der Waals surface area contributed by atoms with Gasteiger partial charge in [0.2, 0.25) is 0 Å². The number of benzene rings is 3. The third kappa shape index (κ3) is 4.61. The lowest BCUT2D eigenvalue weighted by Crippen LogP contribution is -2.24. The quantitative estimate of drug-likeness (QED) is 0.488. The number of rotatable bonds is 6. The Morgan fingerprint density at radius 2 is 1.92 bits per heavy atom. The first-order valence-electron chi connectivity index (χ1n) is 7.93. The van der Waals surface area contributed by atoms with E-state index in [-0.39, 0.29) is 12.5 Å². The van der Waals surface area contributed by atoms with Crippen LogP contribution in [0.15, 0.2) is 70.2 Å². The van der Waals surface area contributed by atoms with Gasteiger partial charge in [-0.05, 0) is 62.6 Å². The highest BCUT2D eigenvalue weighted by atomic mass is 79.9. The number of carbonyl (C=O) groups is 1. The van der Waals surface area contributed by atoms with Crippen LogP contribution >= 0.6 is 15.9 Å². The topological polar surface area (TPSA) is 59.9 Å². The van der Waals surface area contributed by atoms with Crippen molar-refractivity contribution in [2.75, 3.05) is 13.7 Å². The average Bonchev–Trinajstić information content (AvgIpc) is 2.66. The summed E-state index contributed by atoms with van der Waals surface area (Å²) in [5, 5.41) is 6.12. The van der Waals surface area contributed by atoms with Crippen LogP contribution in [-0.2, 0) is 4.79 Å². The van der Waals surface area contributed by atoms with Gasteiger partial charge in [0, 0.05) is 0 Å². The summed E-state index contributed by atoms with van der Waals surface area (Å²) in [5.74, 6) is 1.04. The molecule has 0 unspecified atom stereocenters. The minimum atomic E-state index is -0.331.